The van der Waals surface area contributed by atoms with Gasteiger partial charge in [0, 0.05) is 55.0 Å². The van der Waals surface area contributed by atoms with Gasteiger partial charge in [-0.15, -0.1) is 0 Å². The second-order valence-corrected chi connectivity index (χ2v) is 21.9. The SMILES string of the molecule is [C-]#[N+]c1ccc(-c2ccc3c(c2)c2cc(-c4ccc(C#N)cc4)ccc2n3-c2ccc(-c3nc(-c4ccccc4)nc(-c4ccccc4)n3)cc2-c2ccc([N+]#[C-])cc2-n2c3ccc(-c4ccc(C#N)cc4)cc3c3cc(-c4ccc([N+]#[C-])cc4)ccc32)cc1. The molecule has 3 aromatic heterocycles. The van der Waals surface area contributed by atoms with Gasteiger partial charge in [-0.3, -0.25) is 0 Å². The van der Waals surface area contributed by atoms with E-state index in [-0.39, 0.29) is 0 Å². The van der Waals surface area contributed by atoms with E-state index in [1.807, 2.05) is 170 Å². The molecule has 0 aliphatic carbocycles. The predicted molar refractivity (Wildman–Crippen MR) is 360 cm³/mol. The zero-order chi connectivity index (χ0) is 60.8. The molecule has 0 aliphatic rings. The maximum atomic E-state index is 9.74. The van der Waals surface area contributed by atoms with Crippen LogP contribution in [-0.4, -0.2) is 24.1 Å². The molecule has 10 heteroatoms. The smallest absolute Gasteiger partial charge is 0.189 e. The van der Waals surface area contributed by atoms with Gasteiger partial charge in [-0.1, -0.05) is 170 Å². The molecule has 0 saturated carbocycles. The van der Waals surface area contributed by atoms with Crippen molar-refractivity contribution in [1.29, 1.82) is 10.5 Å². The normalized spacial score (nSPS) is 11.1. The van der Waals surface area contributed by atoms with E-state index < -0.39 is 0 Å². The Hall–Kier alpha value is -13.3. The van der Waals surface area contributed by atoms with E-state index in [2.05, 4.69) is 133 Å². The summed E-state index contributed by atoms with van der Waals surface area (Å²) in [6.45, 7) is 23.9. The molecule has 0 atom stereocenters. The topological polar surface area (TPSA) is 109 Å². The molecule has 15 rings (SSSR count). The first kappa shape index (κ1) is 53.4. The van der Waals surface area contributed by atoms with Gasteiger partial charge in [-0.05, 0) is 142 Å². The molecule has 0 fully saturated rings. The van der Waals surface area contributed by atoms with Crippen LogP contribution in [0.3, 0.4) is 0 Å². The van der Waals surface area contributed by atoms with Crippen LogP contribution in [0.2, 0.25) is 0 Å². The van der Waals surface area contributed by atoms with Gasteiger partial charge >= 0.3 is 0 Å². The molecule has 0 spiro atoms. The average Bonchev–Trinajstić information content (AvgIpc) is 1.60. The second-order valence-electron chi connectivity index (χ2n) is 21.9. The summed E-state index contributed by atoms with van der Waals surface area (Å²) in [5.74, 6) is 1.53. The Morgan fingerprint density at radius 1 is 0.278 bits per heavy atom. The lowest BCUT2D eigenvalue weighted by atomic mass is 9.97. The molecule has 0 unspecified atom stereocenters. The van der Waals surface area contributed by atoms with E-state index in [1.54, 1.807) is 0 Å². The Bertz CT molecular complexity index is 5330. The van der Waals surface area contributed by atoms with Crippen LogP contribution >= 0.6 is 0 Å². The fourth-order valence-corrected chi connectivity index (χ4v) is 12.2. The highest BCUT2D eigenvalue weighted by Gasteiger charge is 2.24. The van der Waals surface area contributed by atoms with Crippen molar-refractivity contribution in [3.05, 3.63) is 312 Å². The minimum absolute atomic E-state index is 0.453. The lowest BCUT2D eigenvalue weighted by Gasteiger charge is -2.20. The fourth-order valence-electron chi connectivity index (χ4n) is 12.2. The summed E-state index contributed by atoms with van der Waals surface area (Å²) in [6, 6.07) is 93.3. The highest BCUT2D eigenvalue weighted by Crippen LogP contribution is 2.46. The Kier molecular flexibility index (Phi) is 13.2. The van der Waals surface area contributed by atoms with Crippen molar-refractivity contribution < 1.29 is 0 Å². The van der Waals surface area contributed by atoms with Gasteiger partial charge in [0.15, 0.2) is 34.5 Å². The molecule has 90 heavy (non-hydrogen) atoms. The Balaban J connectivity index is 1.03. The van der Waals surface area contributed by atoms with Crippen LogP contribution in [0, 0.1) is 42.4 Å². The number of nitriles is 2. The zero-order valence-electron chi connectivity index (χ0n) is 47.9. The lowest BCUT2D eigenvalue weighted by Crippen LogP contribution is -2.03. The number of fused-ring (bicyclic) bond motifs is 6. The summed E-state index contributed by atoms with van der Waals surface area (Å²) in [4.78, 5) is 27.0. The third-order valence-electron chi connectivity index (χ3n) is 16.7. The van der Waals surface area contributed by atoms with E-state index in [1.165, 1.54) is 0 Å². The van der Waals surface area contributed by atoms with Crippen molar-refractivity contribution in [2.24, 2.45) is 0 Å². The summed E-state index contributed by atoms with van der Waals surface area (Å²) < 4.78 is 4.59. The molecule has 0 bridgehead atoms. The summed E-state index contributed by atoms with van der Waals surface area (Å²) in [7, 11) is 0. The minimum Gasteiger partial charge on any atom is -0.310 e. The number of nitrogens with zero attached hydrogens (tertiary/aromatic N) is 10. The van der Waals surface area contributed by atoms with Crippen LogP contribution in [-0.2, 0) is 0 Å². The highest BCUT2D eigenvalue weighted by atomic mass is 15.0. The van der Waals surface area contributed by atoms with E-state index >= 15 is 0 Å². The first-order valence-electron chi connectivity index (χ1n) is 29.0. The van der Waals surface area contributed by atoms with Crippen LogP contribution in [0.5, 0.6) is 0 Å². The minimum atomic E-state index is 0.453. The molecule has 15 aromatic rings. The molecule has 10 nitrogen and oxygen atoms in total. The molecule has 414 valence electrons. The standard InChI is InChI=1S/C80H44N10/c1-83-63-31-22-54(23-32-63)60-27-38-74-69(44-60)68-42-58(52-18-14-50(48-81)15-19-52)26-37-73(68)89(74)72-41-30-62(80-87-78(56-10-6-4-7-11-56)86-79(88-80)57-12-8-5-9-13-57)46-67(72)66-36-35-65(85-3)47-77(66)90-75-39-28-59(53-20-16-51(49-82)17-21-53)43-70(75)71-45-61(29-40-76(71)90)55-24-33-64(84-2)34-25-55/h4-47H. The van der Waals surface area contributed by atoms with Crippen molar-refractivity contribution in [2.45, 2.75) is 0 Å². The van der Waals surface area contributed by atoms with Crippen molar-refractivity contribution in [3.8, 4) is 113 Å². The number of aromatic nitrogens is 5. The molecule has 0 radical (unpaired) electrons. The highest BCUT2D eigenvalue weighted by molar-refractivity contribution is 6.14. The summed E-state index contributed by atoms with van der Waals surface area (Å²) in [5.41, 5.74) is 20.0. The predicted octanol–water partition coefficient (Wildman–Crippen LogP) is 20.8. The molecule has 0 amide bonds. The average molecular weight is 1150 g/mol. The summed E-state index contributed by atoms with van der Waals surface area (Å²) in [6.07, 6.45) is 0. The Morgan fingerprint density at radius 3 is 0.989 bits per heavy atom. The van der Waals surface area contributed by atoms with Gasteiger partial charge in [-0.25, -0.2) is 29.5 Å². The first-order chi connectivity index (χ1) is 44.3. The van der Waals surface area contributed by atoms with Gasteiger partial charge in [0.2, 0.25) is 0 Å². The maximum Gasteiger partial charge on any atom is 0.189 e. The van der Waals surface area contributed by atoms with E-state index in [0.717, 1.165) is 127 Å². The third-order valence-corrected chi connectivity index (χ3v) is 16.7. The molecule has 0 aliphatic heterocycles. The number of hydrogen-bond acceptors (Lipinski definition) is 5. The molecule has 0 saturated heterocycles. The van der Waals surface area contributed by atoms with Crippen LogP contribution in [0.25, 0.3) is 159 Å². The van der Waals surface area contributed by atoms with Gasteiger partial charge < -0.3 is 9.13 Å². The number of rotatable bonds is 10. The fraction of sp³-hybridized carbons (Fsp3) is 0. The van der Waals surface area contributed by atoms with E-state index in [4.69, 9.17) is 34.7 Å². The van der Waals surface area contributed by atoms with Crippen LogP contribution < -0.4 is 0 Å². The van der Waals surface area contributed by atoms with Crippen molar-refractivity contribution in [1.82, 2.24) is 24.1 Å². The molecule has 0 N–H and O–H groups in total. The maximum absolute atomic E-state index is 9.74. The number of hydrogen-bond donors (Lipinski definition) is 0. The molecular formula is C80H44N10. The quantitative estimate of drug-likeness (QED) is 0.127. The third kappa shape index (κ3) is 9.50. The summed E-state index contributed by atoms with van der Waals surface area (Å²) >= 11 is 0. The Labute approximate surface area is 518 Å². The van der Waals surface area contributed by atoms with Crippen molar-refractivity contribution >= 4 is 60.7 Å². The van der Waals surface area contributed by atoms with Gasteiger partial charge in [0.1, 0.15) is 0 Å². The number of benzene rings is 12. The molecular weight excluding hydrogens is 1100 g/mol. The molecule has 3 heterocycles. The Morgan fingerprint density at radius 2 is 0.611 bits per heavy atom. The molecule has 12 aromatic carbocycles. The van der Waals surface area contributed by atoms with Crippen LogP contribution in [0.4, 0.5) is 17.1 Å². The first-order valence-corrected chi connectivity index (χ1v) is 29.0. The largest absolute Gasteiger partial charge is 0.310 e. The van der Waals surface area contributed by atoms with Gasteiger partial charge in [-0.2, -0.15) is 10.5 Å². The van der Waals surface area contributed by atoms with Gasteiger partial charge in [0.05, 0.1) is 70.7 Å². The van der Waals surface area contributed by atoms with Crippen LogP contribution in [0.1, 0.15) is 11.1 Å². The van der Waals surface area contributed by atoms with Crippen LogP contribution in [0.15, 0.2) is 267 Å². The van der Waals surface area contributed by atoms with E-state index in [0.29, 0.717) is 45.7 Å². The van der Waals surface area contributed by atoms with Crippen molar-refractivity contribution in [3.63, 3.8) is 0 Å². The lowest BCUT2D eigenvalue weighted by molar-refractivity contribution is 1.07. The second kappa shape index (κ2) is 22.3. The van der Waals surface area contributed by atoms with Gasteiger partial charge in [0.25, 0.3) is 0 Å². The summed E-state index contributed by atoms with van der Waals surface area (Å²) in [5, 5.41) is 23.4. The van der Waals surface area contributed by atoms with E-state index in [9.17, 15) is 10.5 Å². The van der Waals surface area contributed by atoms with Crippen molar-refractivity contribution in [2.75, 3.05) is 0 Å². The monoisotopic (exact) mass is 1140 g/mol. The zero-order valence-corrected chi connectivity index (χ0v) is 47.9.